The van der Waals surface area contributed by atoms with Gasteiger partial charge in [-0.15, -0.1) is 0 Å². The fourth-order valence-electron chi connectivity index (χ4n) is 7.32. The summed E-state index contributed by atoms with van der Waals surface area (Å²) in [5, 5.41) is 26.7. The lowest BCUT2D eigenvalue weighted by Crippen LogP contribution is -2.52. The Kier molecular flexibility index (Phi) is 8.65. The zero-order chi connectivity index (χ0) is 32.5. The number of likely N-dealkylation sites (tertiary alicyclic amines) is 1. The first-order valence-electron chi connectivity index (χ1n) is 16.5. The van der Waals surface area contributed by atoms with E-state index in [2.05, 4.69) is 54.7 Å². The summed E-state index contributed by atoms with van der Waals surface area (Å²) < 4.78 is 0. The molecule has 5 heterocycles. The largest absolute Gasteiger partial charge is 0.390 e. The van der Waals surface area contributed by atoms with Crippen LogP contribution in [0.2, 0.25) is 0 Å². The molecule has 3 saturated heterocycles. The Hall–Kier alpha value is -4.39. The highest BCUT2D eigenvalue weighted by Gasteiger charge is 2.41. The van der Waals surface area contributed by atoms with Crippen LogP contribution in [0, 0.1) is 0 Å². The van der Waals surface area contributed by atoms with Gasteiger partial charge in [-0.2, -0.15) is 0 Å². The highest BCUT2D eigenvalue weighted by Crippen LogP contribution is 2.37. The van der Waals surface area contributed by atoms with Crippen molar-refractivity contribution < 1.29 is 24.6 Å². The second kappa shape index (κ2) is 13.0. The van der Waals surface area contributed by atoms with Crippen molar-refractivity contribution in [1.29, 1.82) is 0 Å². The molecule has 0 spiro atoms. The van der Waals surface area contributed by atoms with Gasteiger partial charge in [0.2, 0.25) is 17.8 Å². The Morgan fingerprint density at radius 3 is 2.45 bits per heavy atom. The summed E-state index contributed by atoms with van der Waals surface area (Å²) in [4.78, 5) is 52.0. The lowest BCUT2D eigenvalue weighted by Gasteiger charge is -2.39. The van der Waals surface area contributed by atoms with Gasteiger partial charge < -0.3 is 25.3 Å². The summed E-state index contributed by atoms with van der Waals surface area (Å²) in [6.07, 6.45) is 5.35. The van der Waals surface area contributed by atoms with Gasteiger partial charge in [-0.25, -0.2) is 9.97 Å². The van der Waals surface area contributed by atoms with E-state index in [1.54, 1.807) is 23.2 Å². The summed E-state index contributed by atoms with van der Waals surface area (Å²) in [5.74, 6) is -0.359. The zero-order valence-corrected chi connectivity index (χ0v) is 26.4. The van der Waals surface area contributed by atoms with E-state index in [1.165, 1.54) is 11.3 Å². The lowest BCUT2D eigenvalue weighted by molar-refractivity contribution is -0.136. The number of rotatable bonds is 8. The predicted molar refractivity (Wildman–Crippen MR) is 174 cm³/mol. The lowest BCUT2D eigenvalue weighted by atomic mass is 9.83. The standard InChI is InChI=1S/C35H41N7O5/c43-22-27-9-14-36-34(38-27)37-26-10-15-41(16-11-26)28-4-1-23(2-5-28)20-40-17-12-35(47,13-18-40)25-3-6-29-24(19-25)21-42(33(29)46)30-7-8-31(44)39-32(30)45/h1-6,9,14,19,26,30,43,47H,7-8,10-13,15-18,20-22H2,(H,36,37,38)(H,39,44,45). The number of amides is 3. The Morgan fingerprint density at radius 1 is 0.957 bits per heavy atom. The molecule has 7 rings (SSSR count). The van der Waals surface area contributed by atoms with E-state index in [0.717, 1.165) is 56.7 Å². The number of benzene rings is 2. The topological polar surface area (TPSA) is 151 Å². The summed E-state index contributed by atoms with van der Waals surface area (Å²) in [6, 6.07) is 15.7. The third-order valence-corrected chi connectivity index (χ3v) is 10.2. The van der Waals surface area contributed by atoms with Crippen LogP contribution in [-0.2, 0) is 34.9 Å². The van der Waals surface area contributed by atoms with Crippen molar-refractivity contribution in [3.05, 3.63) is 82.7 Å². The Bertz CT molecular complexity index is 1650. The van der Waals surface area contributed by atoms with Crippen LogP contribution in [0.4, 0.5) is 11.6 Å². The van der Waals surface area contributed by atoms with E-state index in [-0.39, 0.29) is 24.8 Å². The molecule has 3 aromatic rings. The number of aliphatic hydroxyl groups excluding tert-OH is 1. The molecule has 47 heavy (non-hydrogen) atoms. The molecule has 0 aliphatic carbocycles. The molecule has 12 heteroatoms. The van der Waals surface area contributed by atoms with Crippen molar-refractivity contribution >= 4 is 29.4 Å². The predicted octanol–water partition coefficient (Wildman–Crippen LogP) is 2.29. The molecule has 0 saturated carbocycles. The molecule has 0 radical (unpaired) electrons. The zero-order valence-electron chi connectivity index (χ0n) is 26.4. The molecule has 4 aliphatic heterocycles. The van der Waals surface area contributed by atoms with Crippen molar-refractivity contribution in [3.63, 3.8) is 0 Å². The highest BCUT2D eigenvalue weighted by atomic mass is 16.3. The molecule has 1 atom stereocenters. The van der Waals surface area contributed by atoms with Gasteiger partial charge >= 0.3 is 0 Å². The van der Waals surface area contributed by atoms with E-state index in [0.29, 0.717) is 49.1 Å². The molecule has 246 valence electrons. The quantitative estimate of drug-likeness (QED) is 0.270. The number of nitrogens with one attached hydrogen (secondary N) is 2. The maximum Gasteiger partial charge on any atom is 0.255 e. The van der Waals surface area contributed by atoms with Gasteiger partial charge in [-0.3, -0.25) is 24.6 Å². The number of fused-ring (bicyclic) bond motifs is 1. The van der Waals surface area contributed by atoms with Crippen LogP contribution in [0.1, 0.15) is 71.3 Å². The number of nitrogens with zero attached hydrogens (tertiary/aromatic N) is 5. The van der Waals surface area contributed by atoms with Gasteiger partial charge in [0.15, 0.2) is 0 Å². The summed E-state index contributed by atoms with van der Waals surface area (Å²) in [5.41, 5.74) is 4.27. The fourth-order valence-corrected chi connectivity index (χ4v) is 7.32. The average Bonchev–Trinajstić information content (AvgIpc) is 3.42. The first-order valence-corrected chi connectivity index (χ1v) is 16.5. The van der Waals surface area contributed by atoms with Crippen LogP contribution in [0.3, 0.4) is 0 Å². The van der Waals surface area contributed by atoms with E-state index < -0.39 is 17.6 Å². The van der Waals surface area contributed by atoms with Crippen LogP contribution in [0.5, 0.6) is 0 Å². The van der Waals surface area contributed by atoms with Gasteiger partial charge in [-0.1, -0.05) is 24.3 Å². The first kappa shape index (κ1) is 31.2. The normalized spacial score (nSPS) is 21.9. The smallest absolute Gasteiger partial charge is 0.255 e. The number of aliphatic hydroxyl groups is 2. The number of hydrogen-bond donors (Lipinski definition) is 4. The minimum absolute atomic E-state index is 0.0963. The molecule has 1 unspecified atom stereocenters. The third kappa shape index (κ3) is 6.58. The van der Waals surface area contributed by atoms with E-state index in [9.17, 15) is 24.6 Å². The number of hydrogen-bond acceptors (Lipinski definition) is 10. The molecule has 12 nitrogen and oxygen atoms in total. The molecule has 3 fully saturated rings. The van der Waals surface area contributed by atoms with E-state index >= 15 is 0 Å². The van der Waals surface area contributed by atoms with Gasteiger partial charge in [0.05, 0.1) is 17.9 Å². The molecule has 3 amide bonds. The number of piperidine rings is 3. The van der Waals surface area contributed by atoms with Crippen LogP contribution in [0.15, 0.2) is 54.7 Å². The molecule has 1 aromatic heterocycles. The SMILES string of the molecule is O=C1CCC(N2Cc3cc(C4(O)CCN(Cc5ccc(N6CCC(Nc7nccc(CO)n7)CC6)cc5)CC4)ccc3C2=O)C(=O)N1. The maximum atomic E-state index is 13.1. The van der Waals surface area contributed by atoms with Crippen molar-refractivity contribution in [2.24, 2.45) is 0 Å². The fraction of sp³-hybridized carbons (Fsp3) is 0.457. The van der Waals surface area contributed by atoms with E-state index in [4.69, 9.17) is 0 Å². The number of carbonyl (C=O) groups is 3. The summed E-state index contributed by atoms with van der Waals surface area (Å²) in [6.45, 7) is 4.40. The second-order valence-corrected chi connectivity index (χ2v) is 13.2. The second-order valence-electron chi connectivity index (χ2n) is 13.2. The van der Waals surface area contributed by atoms with Crippen LogP contribution in [0.25, 0.3) is 0 Å². The molecule has 4 aliphatic rings. The molecule has 0 bridgehead atoms. The Morgan fingerprint density at radius 2 is 1.72 bits per heavy atom. The monoisotopic (exact) mass is 639 g/mol. The van der Waals surface area contributed by atoms with Crippen molar-refractivity contribution in [3.8, 4) is 0 Å². The Balaban J connectivity index is 0.899. The minimum atomic E-state index is -0.977. The van der Waals surface area contributed by atoms with Crippen molar-refractivity contribution in [2.75, 3.05) is 36.4 Å². The number of anilines is 2. The van der Waals surface area contributed by atoms with Crippen molar-refractivity contribution in [1.82, 2.24) is 25.1 Å². The van der Waals surface area contributed by atoms with Gasteiger partial charge in [-0.05, 0) is 73.1 Å². The average molecular weight is 640 g/mol. The number of imide groups is 1. The maximum absolute atomic E-state index is 13.1. The van der Waals surface area contributed by atoms with Crippen LogP contribution in [-0.4, -0.2) is 86.0 Å². The number of aromatic nitrogens is 2. The minimum Gasteiger partial charge on any atom is -0.390 e. The Labute approximate surface area is 273 Å². The van der Waals surface area contributed by atoms with Crippen LogP contribution < -0.4 is 15.5 Å². The molecular formula is C35H41N7O5. The third-order valence-electron chi connectivity index (χ3n) is 10.2. The highest BCUT2D eigenvalue weighted by molar-refractivity contribution is 6.05. The number of carbonyl (C=O) groups excluding carboxylic acids is 3. The van der Waals surface area contributed by atoms with E-state index in [1.807, 2.05) is 12.1 Å². The van der Waals surface area contributed by atoms with Crippen molar-refractivity contribution in [2.45, 2.75) is 75.9 Å². The first-order chi connectivity index (χ1) is 22.8. The molecular weight excluding hydrogens is 598 g/mol. The molecule has 2 aromatic carbocycles. The van der Waals surface area contributed by atoms with Gasteiger partial charge in [0.1, 0.15) is 6.04 Å². The van der Waals surface area contributed by atoms with Gasteiger partial charge in [0, 0.05) is 69.2 Å². The summed E-state index contributed by atoms with van der Waals surface area (Å²) in [7, 11) is 0. The van der Waals surface area contributed by atoms with Gasteiger partial charge in [0.25, 0.3) is 5.91 Å². The summed E-state index contributed by atoms with van der Waals surface area (Å²) >= 11 is 0. The molecule has 4 N–H and O–H groups in total. The van der Waals surface area contributed by atoms with Crippen LogP contribution >= 0.6 is 0 Å².